The molecule has 0 radical (unpaired) electrons. The third-order valence-corrected chi connectivity index (χ3v) is 3.64. The standard InChI is InChI=1S/C9H20O4Si/c1-3-12-9(13-4-2)14-7-5-6-8(10)11/h9H,3-7,14H2,1-2H3,(H,10,11). The van der Waals surface area contributed by atoms with Crippen molar-refractivity contribution in [3.63, 3.8) is 0 Å². The Balaban J connectivity index is 3.44. The second kappa shape index (κ2) is 9.17. The molecule has 0 atom stereocenters. The van der Waals surface area contributed by atoms with Crippen LogP contribution in [0.4, 0.5) is 0 Å². The molecule has 0 rings (SSSR count). The van der Waals surface area contributed by atoms with Crippen molar-refractivity contribution in [2.24, 2.45) is 0 Å². The minimum Gasteiger partial charge on any atom is -0.481 e. The summed E-state index contributed by atoms with van der Waals surface area (Å²) in [5.41, 5.74) is 0. The second-order valence-corrected chi connectivity index (χ2v) is 4.93. The molecule has 0 aromatic rings. The van der Waals surface area contributed by atoms with E-state index in [9.17, 15) is 4.79 Å². The van der Waals surface area contributed by atoms with E-state index in [-0.39, 0.29) is 12.3 Å². The maximum Gasteiger partial charge on any atom is 0.303 e. The van der Waals surface area contributed by atoms with Gasteiger partial charge in [-0.1, -0.05) is 6.04 Å². The number of carboxylic acids is 1. The van der Waals surface area contributed by atoms with E-state index in [1.807, 2.05) is 13.8 Å². The molecule has 0 heterocycles. The first kappa shape index (κ1) is 13.6. The normalized spacial score (nSPS) is 11.6. The highest BCUT2D eigenvalue weighted by Crippen LogP contribution is 2.01. The highest BCUT2D eigenvalue weighted by molar-refractivity contribution is 6.36. The van der Waals surface area contributed by atoms with E-state index in [2.05, 4.69) is 0 Å². The maximum atomic E-state index is 10.2. The molecule has 1 N–H and O–H groups in total. The molecular formula is C9H20O4Si. The van der Waals surface area contributed by atoms with E-state index in [1.54, 1.807) is 0 Å². The minimum atomic E-state index is -0.719. The van der Waals surface area contributed by atoms with Crippen molar-refractivity contribution in [3.05, 3.63) is 0 Å². The molecule has 0 saturated heterocycles. The third kappa shape index (κ3) is 8.22. The van der Waals surface area contributed by atoms with Gasteiger partial charge in [-0.05, 0) is 20.3 Å². The summed E-state index contributed by atoms with van der Waals surface area (Å²) in [6.07, 6.45) is 1.01. The summed E-state index contributed by atoms with van der Waals surface area (Å²) in [5, 5.41) is 8.44. The minimum absolute atomic E-state index is 0.0289. The Morgan fingerprint density at radius 1 is 1.36 bits per heavy atom. The van der Waals surface area contributed by atoms with Crippen LogP contribution in [0.25, 0.3) is 0 Å². The zero-order valence-electron chi connectivity index (χ0n) is 8.99. The van der Waals surface area contributed by atoms with E-state index in [0.29, 0.717) is 13.2 Å². The maximum absolute atomic E-state index is 10.2. The molecule has 84 valence electrons. The molecule has 0 bridgehead atoms. The second-order valence-electron chi connectivity index (χ2n) is 2.98. The average Bonchev–Trinajstić information content (AvgIpc) is 2.12. The SMILES string of the molecule is CCOC(OCC)[SiH2]CCCC(=O)O. The highest BCUT2D eigenvalue weighted by Gasteiger charge is 2.08. The Bertz CT molecular complexity index is 146. The molecule has 0 aliphatic carbocycles. The van der Waals surface area contributed by atoms with Gasteiger partial charge in [0.1, 0.15) is 5.91 Å². The molecule has 0 fully saturated rings. The zero-order chi connectivity index (χ0) is 10.8. The first-order valence-corrected chi connectivity index (χ1v) is 6.97. The third-order valence-electron chi connectivity index (χ3n) is 1.79. The molecule has 0 unspecified atom stereocenters. The lowest BCUT2D eigenvalue weighted by atomic mass is 10.3. The highest BCUT2D eigenvalue weighted by atomic mass is 28.2. The van der Waals surface area contributed by atoms with Crippen LogP contribution in [0.1, 0.15) is 26.7 Å². The molecule has 4 nitrogen and oxygen atoms in total. The number of rotatable bonds is 9. The first-order valence-electron chi connectivity index (χ1n) is 5.15. The molecule has 0 spiro atoms. The lowest BCUT2D eigenvalue weighted by Gasteiger charge is -2.15. The van der Waals surface area contributed by atoms with E-state index < -0.39 is 15.5 Å². The molecule has 14 heavy (non-hydrogen) atoms. The van der Waals surface area contributed by atoms with Gasteiger partial charge in [0, 0.05) is 19.6 Å². The number of carbonyl (C=O) groups is 1. The van der Waals surface area contributed by atoms with Gasteiger partial charge in [-0.25, -0.2) is 0 Å². The van der Waals surface area contributed by atoms with Crippen molar-refractivity contribution in [2.75, 3.05) is 13.2 Å². The summed E-state index contributed by atoms with van der Waals surface area (Å²) >= 11 is 0. The summed E-state index contributed by atoms with van der Waals surface area (Å²) in [6.45, 7) is 5.21. The number of hydrogen-bond donors (Lipinski definition) is 1. The van der Waals surface area contributed by atoms with Gasteiger partial charge >= 0.3 is 5.97 Å². The smallest absolute Gasteiger partial charge is 0.303 e. The van der Waals surface area contributed by atoms with E-state index in [0.717, 1.165) is 12.5 Å². The van der Waals surface area contributed by atoms with Crippen molar-refractivity contribution >= 4 is 15.5 Å². The van der Waals surface area contributed by atoms with E-state index in [4.69, 9.17) is 14.6 Å². The zero-order valence-corrected chi connectivity index (χ0v) is 10.4. The predicted molar refractivity (Wildman–Crippen MR) is 57.3 cm³/mol. The van der Waals surface area contributed by atoms with Gasteiger partial charge in [0.2, 0.25) is 0 Å². The molecule has 0 aliphatic rings. The molecule has 0 aromatic heterocycles. The van der Waals surface area contributed by atoms with E-state index >= 15 is 0 Å². The summed E-state index contributed by atoms with van der Waals surface area (Å²) in [6, 6.07) is 0.969. The van der Waals surface area contributed by atoms with Crippen LogP contribution in [0.3, 0.4) is 0 Å². The Morgan fingerprint density at radius 2 is 1.93 bits per heavy atom. The summed E-state index contributed by atoms with van der Waals surface area (Å²) < 4.78 is 10.8. The molecule has 0 aliphatic heterocycles. The fraction of sp³-hybridized carbons (Fsp3) is 0.889. The van der Waals surface area contributed by atoms with Crippen molar-refractivity contribution in [1.29, 1.82) is 0 Å². The van der Waals surface area contributed by atoms with Crippen LogP contribution in [0, 0.1) is 0 Å². The largest absolute Gasteiger partial charge is 0.481 e. The Labute approximate surface area is 87.4 Å². The van der Waals surface area contributed by atoms with Crippen LogP contribution in [0.15, 0.2) is 0 Å². The van der Waals surface area contributed by atoms with E-state index in [1.165, 1.54) is 0 Å². The number of hydrogen-bond acceptors (Lipinski definition) is 3. The lowest BCUT2D eigenvalue weighted by molar-refractivity contribution is -0.137. The number of aliphatic carboxylic acids is 1. The average molecular weight is 220 g/mol. The van der Waals surface area contributed by atoms with Gasteiger partial charge in [0.15, 0.2) is 0 Å². The van der Waals surface area contributed by atoms with Crippen molar-refractivity contribution < 1.29 is 19.4 Å². The van der Waals surface area contributed by atoms with Gasteiger partial charge in [-0.15, -0.1) is 0 Å². The van der Waals surface area contributed by atoms with Gasteiger partial charge in [-0.3, -0.25) is 4.79 Å². The first-order chi connectivity index (χ1) is 6.70. The predicted octanol–water partition coefficient (Wildman–Crippen LogP) is 0.795. The molecule has 5 heteroatoms. The summed E-state index contributed by atoms with van der Waals surface area (Å²) in [4.78, 5) is 10.2. The Morgan fingerprint density at radius 3 is 2.36 bits per heavy atom. The monoisotopic (exact) mass is 220 g/mol. The van der Waals surface area contributed by atoms with Crippen molar-refractivity contribution in [3.8, 4) is 0 Å². The van der Waals surface area contributed by atoms with Crippen molar-refractivity contribution in [1.82, 2.24) is 0 Å². The molecule has 0 aromatic carbocycles. The van der Waals surface area contributed by atoms with Crippen LogP contribution < -0.4 is 0 Å². The lowest BCUT2D eigenvalue weighted by Crippen LogP contribution is -2.24. The molecule has 0 amide bonds. The summed E-state index contributed by atoms with van der Waals surface area (Å²) in [7, 11) is -0.447. The van der Waals surface area contributed by atoms with Crippen LogP contribution in [-0.2, 0) is 14.3 Å². The number of carboxylic acid groups (broad SMARTS) is 1. The topological polar surface area (TPSA) is 55.8 Å². The quantitative estimate of drug-likeness (QED) is 0.355. The van der Waals surface area contributed by atoms with Gasteiger partial charge < -0.3 is 14.6 Å². The fourth-order valence-electron chi connectivity index (χ4n) is 1.17. The Hall–Kier alpha value is -0.393. The van der Waals surface area contributed by atoms with Gasteiger partial charge in [0.05, 0.1) is 9.52 Å². The van der Waals surface area contributed by atoms with Gasteiger partial charge in [-0.2, -0.15) is 0 Å². The molecule has 0 saturated carbocycles. The Kier molecular flexibility index (Phi) is 8.92. The number of ether oxygens (including phenoxy) is 2. The van der Waals surface area contributed by atoms with Crippen LogP contribution in [-0.4, -0.2) is 39.7 Å². The van der Waals surface area contributed by atoms with Crippen LogP contribution in [0.5, 0.6) is 0 Å². The van der Waals surface area contributed by atoms with Crippen LogP contribution in [0.2, 0.25) is 6.04 Å². The molecular weight excluding hydrogens is 200 g/mol. The fourth-order valence-corrected chi connectivity index (χ4v) is 2.85. The van der Waals surface area contributed by atoms with Crippen molar-refractivity contribution in [2.45, 2.75) is 38.6 Å². The van der Waals surface area contributed by atoms with Gasteiger partial charge in [0.25, 0.3) is 0 Å². The van der Waals surface area contributed by atoms with Crippen LogP contribution >= 0.6 is 0 Å². The summed E-state index contributed by atoms with van der Waals surface area (Å²) in [5.74, 6) is -0.748.